The van der Waals surface area contributed by atoms with Crippen LogP contribution in [-0.2, 0) is 9.59 Å². The molecule has 1 aromatic heterocycles. The lowest BCUT2D eigenvalue weighted by atomic mass is 9.78. The van der Waals surface area contributed by atoms with Crippen LogP contribution in [0.4, 0.5) is 0 Å². The highest BCUT2D eigenvalue weighted by Crippen LogP contribution is 2.31. The van der Waals surface area contributed by atoms with E-state index >= 15 is 0 Å². The first-order valence-corrected chi connectivity index (χ1v) is 7.82. The molecular formula is C14H20N2O3S. The highest BCUT2D eigenvalue weighted by molar-refractivity contribution is 7.09. The molecule has 3 atom stereocenters. The van der Waals surface area contributed by atoms with Gasteiger partial charge in [0, 0.05) is 11.1 Å². The zero-order valence-corrected chi connectivity index (χ0v) is 12.6. The summed E-state index contributed by atoms with van der Waals surface area (Å²) in [6.07, 6.45) is 3.07. The number of carbonyl (C=O) groups is 2. The molecule has 0 aliphatic heterocycles. The van der Waals surface area contributed by atoms with Crippen molar-refractivity contribution in [3.05, 3.63) is 16.1 Å². The number of carbonyl (C=O) groups excluding carboxylic acids is 1. The van der Waals surface area contributed by atoms with Gasteiger partial charge in [-0.05, 0) is 26.7 Å². The van der Waals surface area contributed by atoms with E-state index in [1.807, 2.05) is 19.2 Å². The molecule has 1 aliphatic rings. The van der Waals surface area contributed by atoms with E-state index in [9.17, 15) is 14.7 Å². The number of rotatable bonds is 4. The number of carboxylic acid groups (broad SMARTS) is 1. The van der Waals surface area contributed by atoms with Gasteiger partial charge in [-0.25, -0.2) is 4.98 Å². The summed E-state index contributed by atoms with van der Waals surface area (Å²) >= 11 is 1.51. The van der Waals surface area contributed by atoms with Crippen LogP contribution < -0.4 is 5.32 Å². The molecule has 1 fully saturated rings. The maximum absolute atomic E-state index is 12.3. The number of thiazole rings is 1. The monoisotopic (exact) mass is 296 g/mol. The van der Waals surface area contributed by atoms with Crippen LogP contribution in [-0.4, -0.2) is 22.0 Å². The average Bonchev–Trinajstić information content (AvgIpc) is 2.85. The molecule has 1 aromatic rings. The highest BCUT2D eigenvalue weighted by atomic mass is 32.1. The molecule has 0 saturated heterocycles. The van der Waals surface area contributed by atoms with Crippen molar-refractivity contribution in [2.24, 2.45) is 11.8 Å². The predicted molar refractivity (Wildman–Crippen MR) is 76.5 cm³/mol. The minimum Gasteiger partial charge on any atom is -0.481 e. The number of aryl methyl sites for hydroxylation is 1. The first-order chi connectivity index (χ1) is 9.49. The van der Waals surface area contributed by atoms with E-state index in [0.717, 1.165) is 23.5 Å². The zero-order valence-electron chi connectivity index (χ0n) is 11.8. The van der Waals surface area contributed by atoms with E-state index in [2.05, 4.69) is 10.3 Å². The second kappa shape index (κ2) is 6.35. The Balaban J connectivity index is 2.01. The third-order valence-electron chi connectivity index (χ3n) is 3.79. The fourth-order valence-corrected chi connectivity index (χ4v) is 3.50. The molecule has 0 radical (unpaired) electrons. The van der Waals surface area contributed by atoms with Crippen LogP contribution in [0.2, 0.25) is 0 Å². The van der Waals surface area contributed by atoms with Crippen molar-refractivity contribution in [2.75, 3.05) is 0 Å². The molecule has 0 bridgehead atoms. The summed E-state index contributed by atoms with van der Waals surface area (Å²) in [5.41, 5.74) is 0.937. The molecular weight excluding hydrogens is 276 g/mol. The summed E-state index contributed by atoms with van der Waals surface area (Å²) in [6.45, 7) is 3.80. The van der Waals surface area contributed by atoms with Gasteiger partial charge in [0.25, 0.3) is 0 Å². The third-order valence-corrected chi connectivity index (χ3v) is 4.93. The van der Waals surface area contributed by atoms with Crippen LogP contribution in [0.25, 0.3) is 0 Å². The lowest BCUT2D eigenvalue weighted by Gasteiger charge is -2.28. The maximum atomic E-state index is 12.3. The quantitative estimate of drug-likeness (QED) is 0.894. The van der Waals surface area contributed by atoms with Gasteiger partial charge in [0.05, 0.1) is 17.9 Å². The summed E-state index contributed by atoms with van der Waals surface area (Å²) < 4.78 is 0. The molecule has 20 heavy (non-hydrogen) atoms. The Hall–Kier alpha value is -1.43. The Morgan fingerprint density at radius 3 is 2.60 bits per heavy atom. The summed E-state index contributed by atoms with van der Waals surface area (Å²) in [7, 11) is 0. The number of aromatic nitrogens is 1. The molecule has 110 valence electrons. The number of carboxylic acids is 1. The van der Waals surface area contributed by atoms with Crippen molar-refractivity contribution >= 4 is 23.2 Å². The molecule has 1 heterocycles. The van der Waals surface area contributed by atoms with E-state index in [4.69, 9.17) is 0 Å². The standard InChI is InChI=1S/C14H20N2O3S/c1-8-7-20-13(15-8)9(2)16-12(17)10-5-3-4-6-11(10)14(18)19/h7,9-11H,3-6H2,1-2H3,(H,16,17)(H,18,19)/t9?,10-,11+/m1/s1. The largest absolute Gasteiger partial charge is 0.481 e. The SMILES string of the molecule is Cc1csc(C(C)NC(=O)[C@@H]2CCCC[C@@H]2C(=O)O)n1. The maximum Gasteiger partial charge on any atom is 0.307 e. The van der Waals surface area contributed by atoms with Crippen LogP contribution in [0.15, 0.2) is 5.38 Å². The number of amides is 1. The molecule has 1 amide bonds. The second-order valence-corrected chi connectivity index (χ2v) is 6.28. The Bertz CT molecular complexity index is 500. The van der Waals surface area contributed by atoms with E-state index in [-0.39, 0.29) is 11.9 Å². The molecule has 5 nitrogen and oxygen atoms in total. The van der Waals surface area contributed by atoms with E-state index in [1.54, 1.807) is 0 Å². The van der Waals surface area contributed by atoms with E-state index in [0.29, 0.717) is 12.8 Å². The average molecular weight is 296 g/mol. The van der Waals surface area contributed by atoms with Crippen LogP contribution >= 0.6 is 11.3 Å². The summed E-state index contributed by atoms with van der Waals surface area (Å²) in [5, 5.41) is 14.9. The van der Waals surface area contributed by atoms with Gasteiger partial charge < -0.3 is 10.4 Å². The molecule has 1 unspecified atom stereocenters. The number of hydrogen-bond acceptors (Lipinski definition) is 4. The van der Waals surface area contributed by atoms with Gasteiger partial charge in [0.1, 0.15) is 5.01 Å². The van der Waals surface area contributed by atoms with Crippen LogP contribution in [0.3, 0.4) is 0 Å². The van der Waals surface area contributed by atoms with Gasteiger partial charge in [-0.15, -0.1) is 11.3 Å². The molecule has 2 rings (SSSR count). The topological polar surface area (TPSA) is 79.3 Å². The molecule has 1 saturated carbocycles. The van der Waals surface area contributed by atoms with Crippen molar-refractivity contribution in [3.8, 4) is 0 Å². The Morgan fingerprint density at radius 1 is 1.40 bits per heavy atom. The molecule has 1 aliphatic carbocycles. The van der Waals surface area contributed by atoms with Crippen molar-refractivity contribution in [2.45, 2.75) is 45.6 Å². The number of nitrogens with one attached hydrogen (secondary N) is 1. The van der Waals surface area contributed by atoms with Crippen LogP contribution in [0.1, 0.15) is 49.4 Å². The van der Waals surface area contributed by atoms with E-state index in [1.165, 1.54) is 11.3 Å². The third kappa shape index (κ3) is 3.36. The first kappa shape index (κ1) is 15.0. The predicted octanol–water partition coefficient (Wildman–Crippen LogP) is 2.52. The molecule has 0 spiro atoms. The number of aliphatic carboxylic acids is 1. The fourth-order valence-electron chi connectivity index (χ4n) is 2.69. The summed E-state index contributed by atoms with van der Waals surface area (Å²) in [6, 6.07) is -0.169. The number of nitrogens with zero attached hydrogens (tertiary/aromatic N) is 1. The molecule has 0 aromatic carbocycles. The van der Waals surface area contributed by atoms with Crippen molar-refractivity contribution in [1.82, 2.24) is 10.3 Å². The minimum atomic E-state index is -0.859. The van der Waals surface area contributed by atoms with E-state index < -0.39 is 17.8 Å². The first-order valence-electron chi connectivity index (χ1n) is 6.94. The normalized spacial score (nSPS) is 24.1. The Morgan fingerprint density at radius 2 is 2.05 bits per heavy atom. The molecule has 6 heteroatoms. The zero-order chi connectivity index (χ0) is 14.7. The fraction of sp³-hybridized carbons (Fsp3) is 0.643. The van der Waals surface area contributed by atoms with Crippen molar-refractivity contribution in [3.63, 3.8) is 0 Å². The second-order valence-electron chi connectivity index (χ2n) is 5.39. The van der Waals surface area contributed by atoms with Crippen LogP contribution in [0, 0.1) is 18.8 Å². The lowest BCUT2D eigenvalue weighted by Crippen LogP contribution is -2.40. The highest BCUT2D eigenvalue weighted by Gasteiger charge is 2.36. The Kier molecular flexibility index (Phi) is 4.75. The summed E-state index contributed by atoms with van der Waals surface area (Å²) in [5.74, 6) is -1.97. The Labute approximate surface area is 122 Å². The lowest BCUT2D eigenvalue weighted by molar-refractivity contribution is -0.149. The van der Waals surface area contributed by atoms with Gasteiger partial charge in [-0.3, -0.25) is 9.59 Å². The van der Waals surface area contributed by atoms with Gasteiger partial charge in [0.15, 0.2) is 0 Å². The van der Waals surface area contributed by atoms with Crippen molar-refractivity contribution in [1.29, 1.82) is 0 Å². The van der Waals surface area contributed by atoms with Gasteiger partial charge >= 0.3 is 5.97 Å². The smallest absolute Gasteiger partial charge is 0.307 e. The summed E-state index contributed by atoms with van der Waals surface area (Å²) in [4.78, 5) is 27.9. The number of hydrogen-bond donors (Lipinski definition) is 2. The van der Waals surface area contributed by atoms with Gasteiger partial charge in [-0.1, -0.05) is 12.8 Å². The van der Waals surface area contributed by atoms with Crippen molar-refractivity contribution < 1.29 is 14.7 Å². The van der Waals surface area contributed by atoms with Gasteiger partial charge in [-0.2, -0.15) is 0 Å². The minimum absolute atomic E-state index is 0.155. The van der Waals surface area contributed by atoms with Gasteiger partial charge in [0.2, 0.25) is 5.91 Å². The van der Waals surface area contributed by atoms with Crippen LogP contribution in [0.5, 0.6) is 0 Å². The molecule has 2 N–H and O–H groups in total.